The summed E-state index contributed by atoms with van der Waals surface area (Å²) < 4.78 is 0. The molecule has 0 aliphatic heterocycles. The summed E-state index contributed by atoms with van der Waals surface area (Å²) in [7, 11) is 1.92. The van der Waals surface area contributed by atoms with Crippen molar-refractivity contribution >= 4 is 5.91 Å². The Hall–Kier alpha value is -3.65. The third kappa shape index (κ3) is 4.92. The minimum Gasteiger partial charge on any atom is -0.335 e. The number of hydrogen-bond donors (Lipinski definition) is 0. The Balaban J connectivity index is 1.66. The van der Waals surface area contributed by atoms with Gasteiger partial charge in [0.25, 0.3) is 0 Å². The van der Waals surface area contributed by atoms with E-state index in [1.54, 1.807) is 0 Å². The molecule has 154 valence electrons. The van der Waals surface area contributed by atoms with Crippen LogP contribution < -0.4 is 0 Å². The van der Waals surface area contributed by atoms with Gasteiger partial charge in [-0.25, -0.2) is 0 Å². The zero-order valence-electron chi connectivity index (χ0n) is 17.8. The maximum atomic E-state index is 13.6. The molecule has 0 atom stereocenters. The first-order valence-corrected chi connectivity index (χ1v) is 10.7. The lowest BCUT2D eigenvalue weighted by Gasteiger charge is -2.31. The van der Waals surface area contributed by atoms with Gasteiger partial charge in [-0.15, -0.1) is 0 Å². The van der Waals surface area contributed by atoms with Crippen LogP contribution in [-0.4, -0.2) is 17.9 Å². The first-order chi connectivity index (χ1) is 15.2. The largest absolute Gasteiger partial charge is 0.335 e. The first kappa shape index (κ1) is 20.6. The molecule has 0 N–H and O–H groups in total. The zero-order chi connectivity index (χ0) is 21.5. The number of nitrogens with zero attached hydrogens (tertiary/aromatic N) is 1. The van der Waals surface area contributed by atoms with Crippen LogP contribution in [0.15, 0.2) is 121 Å². The van der Waals surface area contributed by atoms with Gasteiger partial charge in [0.05, 0.1) is 6.04 Å². The van der Waals surface area contributed by atoms with E-state index in [-0.39, 0.29) is 17.9 Å². The molecule has 0 fully saturated rings. The summed E-state index contributed by atoms with van der Waals surface area (Å²) >= 11 is 0. The van der Waals surface area contributed by atoms with Gasteiger partial charge in [0.2, 0.25) is 5.91 Å². The van der Waals surface area contributed by atoms with Crippen LogP contribution in [0.1, 0.15) is 40.6 Å². The summed E-state index contributed by atoms with van der Waals surface area (Å²) in [5.41, 5.74) is 4.54. The molecule has 0 saturated carbocycles. The minimum atomic E-state index is -0.123. The van der Waals surface area contributed by atoms with Crippen molar-refractivity contribution in [1.29, 1.82) is 0 Å². The minimum absolute atomic E-state index is 0.0181. The predicted molar refractivity (Wildman–Crippen MR) is 127 cm³/mol. The van der Waals surface area contributed by atoms with E-state index in [1.165, 1.54) is 0 Å². The number of benzene rings is 4. The summed E-state index contributed by atoms with van der Waals surface area (Å²) in [5, 5.41) is 0. The van der Waals surface area contributed by atoms with Crippen molar-refractivity contribution in [3.63, 3.8) is 0 Å². The van der Waals surface area contributed by atoms with E-state index in [1.807, 2.05) is 84.7 Å². The van der Waals surface area contributed by atoms with Crippen LogP contribution >= 0.6 is 0 Å². The van der Waals surface area contributed by atoms with Gasteiger partial charge in [-0.2, -0.15) is 0 Å². The van der Waals surface area contributed by atoms with Crippen molar-refractivity contribution in [3.05, 3.63) is 144 Å². The number of carbonyl (C=O) groups is 1. The van der Waals surface area contributed by atoms with Gasteiger partial charge < -0.3 is 4.90 Å². The Morgan fingerprint density at radius 2 is 0.903 bits per heavy atom. The van der Waals surface area contributed by atoms with Gasteiger partial charge >= 0.3 is 0 Å². The molecule has 4 aromatic rings. The molecule has 0 spiro atoms. The van der Waals surface area contributed by atoms with E-state index < -0.39 is 0 Å². The fourth-order valence-corrected chi connectivity index (χ4v) is 4.17. The van der Waals surface area contributed by atoms with Crippen molar-refractivity contribution in [3.8, 4) is 0 Å². The van der Waals surface area contributed by atoms with E-state index in [2.05, 4.69) is 48.5 Å². The van der Waals surface area contributed by atoms with E-state index in [9.17, 15) is 4.79 Å². The van der Waals surface area contributed by atoms with Crippen molar-refractivity contribution in [2.45, 2.75) is 18.4 Å². The lowest BCUT2D eigenvalue weighted by Crippen LogP contribution is -2.33. The van der Waals surface area contributed by atoms with Crippen molar-refractivity contribution in [1.82, 2.24) is 4.90 Å². The number of amides is 1. The Morgan fingerprint density at radius 3 is 1.26 bits per heavy atom. The van der Waals surface area contributed by atoms with E-state index in [0.717, 1.165) is 22.3 Å². The Labute approximate surface area is 184 Å². The smallest absolute Gasteiger partial charge is 0.224 e. The standard InChI is InChI=1S/C29H27NO/c1-30(29(25-18-10-4-11-19-25)26-20-12-5-13-21-26)28(31)22-27(23-14-6-2-7-15-23)24-16-8-3-9-17-24/h2-21,27,29H,22H2,1H3. The monoisotopic (exact) mass is 405 g/mol. The predicted octanol–water partition coefficient (Wildman–Crippen LogP) is 6.46. The SMILES string of the molecule is CN(C(=O)CC(c1ccccc1)c1ccccc1)C(c1ccccc1)c1ccccc1. The highest BCUT2D eigenvalue weighted by atomic mass is 16.2. The molecule has 0 aromatic heterocycles. The van der Waals surface area contributed by atoms with Crippen LogP contribution in [0.25, 0.3) is 0 Å². The van der Waals surface area contributed by atoms with Crippen LogP contribution in [-0.2, 0) is 4.79 Å². The van der Waals surface area contributed by atoms with Crippen LogP contribution in [0.5, 0.6) is 0 Å². The molecule has 0 radical (unpaired) electrons. The van der Waals surface area contributed by atoms with E-state index in [4.69, 9.17) is 0 Å². The van der Waals surface area contributed by atoms with Crippen LogP contribution in [0, 0.1) is 0 Å². The number of rotatable bonds is 7. The average molecular weight is 406 g/mol. The molecule has 0 unspecified atom stereocenters. The maximum Gasteiger partial charge on any atom is 0.224 e. The summed E-state index contributed by atoms with van der Waals surface area (Å²) in [4.78, 5) is 15.5. The van der Waals surface area contributed by atoms with Gasteiger partial charge in [-0.1, -0.05) is 121 Å². The molecule has 2 heteroatoms. The lowest BCUT2D eigenvalue weighted by atomic mass is 9.87. The second-order valence-corrected chi connectivity index (χ2v) is 7.81. The van der Waals surface area contributed by atoms with Crippen molar-refractivity contribution < 1.29 is 4.79 Å². The van der Waals surface area contributed by atoms with E-state index in [0.29, 0.717) is 6.42 Å². The van der Waals surface area contributed by atoms with Gasteiger partial charge in [-0.3, -0.25) is 4.79 Å². The van der Waals surface area contributed by atoms with Gasteiger partial charge in [0, 0.05) is 19.4 Å². The molecule has 0 heterocycles. The topological polar surface area (TPSA) is 20.3 Å². The molecule has 1 amide bonds. The second kappa shape index (κ2) is 9.90. The summed E-state index contributed by atoms with van der Waals surface area (Å²) in [5.74, 6) is 0.139. The van der Waals surface area contributed by atoms with Gasteiger partial charge in [0.15, 0.2) is 0 Å². The fourth-order valence-electron chi connectivity index (χ4n) is 4.17. The Bertz CT molecular complexity index is 1000. The maximum absolute atomic E-state index is 13.6. The Morgan fingerprint density at radius 1 is 0.581 bits per heavy atom. The quantitative estimate of drug-likeness (QED) is 0.346. The van der Waals surface area contributed by atoms with Crippen molar-refractivity contribution in [2.24, 2.45) is 0 Å². The molecule has 4 rings (SSSR count). The fraction of sp³-hybridized carbons (Fsp3) is 0.138. The van der Waals surface area contributed by atoms with E-state index >= 15 is 0 Å². The number of carbonyl (C=O) groups excluding carboxylic acids is 1. The highest BCUT2D eigenvalue weighted by Gasteiger charge is 2.26. The molecular weight excluding hydrogens is 378 g/mol. The van der Waals surface area contributed by atoms with Gasteiger partial charge in [-0.05, 0) is 22.3 Å². The molecule has 0 bridgehead atoms. The first-order valence-electron chi connectivity index (χ1n) is 10.7. The summed E-state index contributed by atoms with van der Waals surface area (Å²) in [6.45, 7) is 0. The lowest BCUT2D eigenvalue weighted by molar-refractivity contribution is -0.131. The van der Waals surface area contributed by atoms with Crippen LogP contribution in [0.3, 0.4) is 0 Å². The highest BCUT2D eigenvalue weighted by molar-refractivity contribution is 5.78. The molecule has 2 nitrogen and oxygen atoms in total. The highest BCUT2D eigenvalue weighted by Crippen LogP contribution is 2.32. The zero-order valence-corrected chi connectivity index (χ0v) is 17.8. The third-order valence-corrected chi connectivity index (χ3v) is 5.79. The normalized spacial score (nSPS) is 10.9. The molecular formula is C29H27NO. The number of hydrogen-bond acceptors (Lipinski definition) is 1. The van der Waals surface area contributed by atoms with Crippen LogP contribution in [0.4, 0.5) is 0 Å². The van der Waals surface area contributed by atoms with Crippen LogP contribution in [0.2, 0.25) is 0 Å². The molecule has 4 aromatic carbocycles. The third-order valence-electron chi connectivity index (χ3n) is 5.79. The molecule has 0 saturated heterocycles. The summed E-state index contributed by atoms with van der Waals surface area (Å²) in [6.07, 6.45) is 0.417. The van der Waals surface area contributed by atoms with Gasteiger partial charge in [0.1, 0.15) is 0 Å². The second-order valence-electron chi connectivity index (χ2n) is 7.81. The molecule has 31 heavy (non-hydrogen) atoms. The molecule has 0 aliphatic rings. The summed E-state index contributed by atoms with van der Waals surface area (Å²) in [6, 6.07) is 41.0. The van der Waals surface area contributed by atoms with Crippen molar-refractivity contribution in [2.75, 3.05) is 7.05 Å². The molecule has 0 aliphatic carbocycles. The Kier molecular flexibility index (Phi) is 6.59. The average Bonchev–Trinajstić information content (AvgIpc) is 2.85.